The van der Waals surface area contributed by atoms with Gasteiger partial charge in [0.25, 0.3) is 0 Å². The van der Waals surface area contributed by atoms with Crippen LogP contribution >= 0.6 is 0 Å². The first-order chi connectivity index (χ1) is 33.6. The van der Waals surface area contributed by atoms with Gasteiger partial charge in [-0.15, -0.1) is 0 Å². The first kappa shape index (κ1) is 52.6. The molecule has 1 aliphatic heterocycles. The van der Waals surface area contributed by atoms with E-state index in [1.54, 1.807) is 42.5 Å². The molecule has 23 nitrogen and oxygen atoms in total. The summed E-state index contributed by atoms with van der Waals surface area (Å²) >= 11 is 0. The van der Waals surface area contributed by atoms with Gasteiger partial charge in [0.05, 0.1) is 12.9 Å². The van der Waals surface area contributed by atoms with Gasteiger partial charge in [-0.25, -0.2) is 4.98 Å². The van der Waals surface area contributed by atoms with Crippen molar-refractivity contribution in [3.63, 3.8) is 0 Å². The van der Waals surface area contributed by atoms with Crippen molar-refractivity contribution < 1.29 is 43.2 Å². The Kier molecular flexibility index (Phi) is 19.7. The third-order valence-electron chi connectivity index (χ3n) is 11.3. The van der Waals surface area contributed by atoms with Crippen molar-refractivity contribution >= 4 is 69.9 Å². The third kappa shape index (κ3) is 16.7. The van der Waals surface area contributed by atoms with Crippen LogP contribution in [0.2, 0.25) is 0 Å². The number of aromatic nitrogens is 2. The molecule has 1 aromatic heterocycles. The number of carbonyl (C=O) groups excluding carboxylic acids is 9. The van der Waals surface area contributed by atoms with Crippen LogP contribution in [0.4, 0.5) is 0 Å². The number of primary amides is 1. The highest BCUT2D eigenvalue weighted by molar-refractivity contribution is 5.98. The third-order valence-corrected chi connectivity index (χ3v) is 11.3. The summed E-state index contributed by atoms with van der Waals surface area (Å²) in [6.45, 7) is 0.534. The van der Waals surface area contributed by atoms with Crippen molar-refractivity contribution in [2.24, 2.45) is 22.2 Å². The molecule has 1 saturated heterocycles. The van der Waals surface area contributed by atoms with Crippen LogP contribution in [0.25, 0.3) is 10.8 Å². The normalized spacial score (nSPS) is 20.0. The number of fused-ring (bicyclic) bond motifs is 1. The number of rotatable bonds is 16. The van der Waals surface area contributed by atoms with Gasteiger partial charge in [-0.1, -0.05) is 72.8 Å². The Bertz CT molecular complexity index is 2510. The van der Waals surface area contributed by atoms with Crippen molar-refractivity contribution in [3.8, 4) is 0 Å². The molecule has 0 radical (unpaired) electrons. The molecule has 9 amide bonds. The van der Waals surface area contributed by atoms with E-state index in [1.165, 1.54) is 19.4 Å². The van der Waals surface area contributed by atoms with Gasteiger partial charge in [0.1, 0.15) is 36.3 Å². The SMILES string of the molecule is CC(=O)NCC(=O)NC1CCC(=O)NCCC(C(=O)NC(Cc2cccc3ccccc23)C(N)=O)NC(=O)[C@H](CCCN=C(N)N)NC(=O)C(Cc2ccccc2)NC(=O)[C@H](Cc2cnc[nH]2)NC1=O. The van der Waals surface area contributed by atoms with Gasteiger partial charge in [0, 0.05) is 57.6 Å². The number of carbonyl (C=O) groups is 9. The van der Waals surface area contributed by atoms with Crippen molar-refractivity contribution in [1.82, 2.24) is 52.5 Å². The number of hydrogen-bond donors (Lipinski definition) is 12. The Balaban J connectivity index is 1.50. The molecule has 5 rings (SSSR count). The Morgan fingerprint density at radius 2 is 1.46 bits per heavy atom. The zero-order valence-electron chi connectivity index (χ0n) is 38.6. The number of aromatic amines is 1. The highest BCUT2D eigenvalue weighted by Crippen LogP contribution is 2.20. The maximum Gasteiger partial charge on any atom is 0.243 e. The maximum absolute atomic E-state index is 14.5. The smallest absolute Gasteiger partial charge is 0.243 e. The van der Waals surface area contributed by atoms with Crippen LogP contribution in [0.3, 0.4) is 0 Å². The topological polar surface area (TPSA) is 369 Å². The summed E-state index contributed by atoms with van der Waals surface area (Å²) in [6, 6.07) is 13.4. The second-order valence-corrected chi connectivity index (χ2v) is 16.7. The number of guanidine groups is 1. The first-order valence-electron chi connectivity index (χ1n) is 22.7. The molecule has 70 heavy (non-hydrogen) atoms. The number of imidazole rings is 1. The van der Waals surface area contributed by atoms with Crippen molar-refractivity contribution in [2.75, 3.05) is 19.6 Å². The first-order valence-corrected chi connectivity index (χ1v) is 22.7. The van der Waals surface area contributed by atoms with Crippen molar-refractivity contribution in [2.45, 2.75) is 94.5 Å². The average molecular weight is 965 g/mol. The van der Waals surface area contributed by atoms with Crippen LogP contribution < -0.4 is 59.7 Å². The molecule has 0 saturated carbocycles. The molecule has 23 heteroatoms. The maximum atomic E-state index is 14.5. The van der Waals surface area contributed by atoms with Crippen molar-refractivity contribution in [3.05, 3.63) is 102 Å². The Labute approximate surface area is 403 Å². The number of hydrogen-bond acceptors (Lipinski definition) is 11. The van der Waals surface area contributed by atoms with Gasteiger partial charge in [-0.3, -0.25) is 48.1 Å². The minimum absolute atomic E-state index is 0.00330. The summed E-state index contributed by atoms with van der Waals surface area (Å²) in [5.41, 5.74) is 18.7. The molecule has 3 aromatic carbocycles. The van der Waals surface area contributed by atoms with E-state index in [9.17, 15) is 43.2 Å². The van der Waals surface area contributed by atoms with Gasteiger partial charge in [0.2, 0.25) is 53.2 Å². The largest absolute Gasteiger partial charge is 0.370 e. The van der Waals surface area contributed by atoms with E-state index in [0.717, 1.165) is 10.8 Å². The summed E-state index contributed by atoms with van der Waals surface area (Å²) in [5.74, 6) is -7.16. The Morgan fingerprint density at radius 3 is 2.16 bits per heavy atom. The van der Waals surface area contributed by atoms with Crippen molar-refractivity contribution in [1.29, 1.82) is 0 Å². The van der Waals surface area contributed by atoms with Gasteiger partial charge < -0.3 is 64.7 Å². The highest BCUT2D eigenvalue weighted by atomic mass is 16.2. The van der Waals surface area contributed by atoms with E-state index in [-0.39, 0.29) is 70.4 Å². The monoisotopic (exact) mass is 964 g/mol. The number of nitrogens with zero attached hydrogens (tertiary/aromatic N) is 2. The van der Waals surface area contributed by atoms with Crippen LogP contribution in [-0.2, 0) is 62.4 Å². The molecule has 0 spiro atoms. The zero-order valence-corrected chi connectivity index (χ0v) is 38.6. The number of aliphatic imine (C=N–C) groups is 1. The van der Waals surface area contributed by atoms with Crippen LogP contribution in [0.15, 0.2) is 90.3 Å². The fourth-order valence-corrected chi connectivity index (χ4v) is 7.64. The molecule has 0 aliphatic carbocycles. The molecule has 1 aliphatic rings. The lowest BCUT2D eigenvalue weighted by atomic mass is 9.98. The van der Waals surface area contributed by atoms with Crippen LogP contribution in [0, 0.1) is 0 Å². The summed E-state index contributed by atoms with van der Waals surface area (Å²) in [7, 11) is 0. The standard InChI is InChI=1S/C47H60N14O9/c1-27(62)54-25-40(64)56-34-16-17-39(63)52-20-18-35(44(68)59-36(41(48)65)22-30-13-7-12-29-11-5-6-14-32(29)30)58-42(66)33(15-8-19-53-47(49)50)57-45(69)37(21-28-9-3-2-4-10-28)60-46(70)38(61-43(34)67)23-31-24-51-26-55-31/h2-7,9-14,24,26,33-38H,8,15-23,25H2,1H3,(H2,48,65)(H,51,55)(H,52,63)(H,54,62)(H,56,64)(H,57,69)(H,58,66)(H,59,68)(H,60,70)(H,61,67)(H4,49,50,53)/t33-,34?,35?,36?,37?,38-/m0/s1. The quantitative estimate of drug-likeness (QED) is 0.0315. The molecule has 1 fully saturated rings. The van der Waals surface area contributed by atoms with Gasteiger partial charge >= 0.3 is 0 Å². The second kappa shape index (κ2) is 26.2. The number of amides is 9. The molecule has 6 atom stereocenters. The zero-order chi connectivity index (χ0) is 50.6. The minimum atomic E-state index is -1.43. The molecular formula is C47H60N14O9. The average Bonchev–Trinajstić information content (AvgIpc) is 3.85. The molecule has 4 aromatic rings. The number of nitrogens with one attached hydrogen (secondary N) is 9. The summed E-state index contributed by atoms with van der Waals surface area (Å²) in [6.07, 6.45) is 1.74. The van der Waals surface area contributed by atoms with E-state index in [4.69, 9.17) is 17.2 Å². The highest BCUT2D eigenvalue weighted by Gasteiger charge is 2.34. The number of benzene rings is 3. The fourth-order valence-electron chi connectivity index (χ4n) is 7.64. The van der Waals surface area contributed by atoms with Crippen LogP contribution in [0.5, 0.6) is 0 Å². The lowest BCUT2D eigenvalue weighted by Crippen LogP contribution is -2.60. The molecule has 15 N–H and O–H groups in total. The van der Waals surface area contributed by atoms with E-state index in [2.05, 4.69) is 57.5 Å². The molecule has 4 unspecified atom stereocenters. The number of nitrogens with two attached hydrogens (primary N) is 3. The predicted molar refractivity (Wildman–Crippen MR) is 256 cm³/mol. The van der Waals surface area contributed by atoms with E-state index in [0.29, 0.717) is 16.8 Å². The summed E-state index contributed by atoms with van der Waals surface area (Å²) < 4.78 is 0. The van der Waals surface area contributed by atoms with E-state index < -0.39 is 96.0 Å². The fraction of sp³-hybridized carbons (Fsp3) is 0.383. The molecule has 0 bridgehead atoms. The summed E-state index contributed by atoms with van der Waals surface area (Å²) in [4.78, 5) is 133. The van der Waals surface area contributed by atoms with Gasteiger partial charge in [-0.2, -0.15) is 0 Å². The van der Waals surface area contributed by atoms with Crippen LogP contribution in [-0.4, -0.2) is 125 Å². The molecule has 2 heterocycles. The second-order valence-electron chi connectivity index (χ2n) is 16.7. The predicted octanol–water partition coefficient (Wildman–Crippen LogP) is -2.53. The summed E-state index contributed by atoms with van der Waals surface area (Å²) in [5, 5.41) is 22.7. The van der Waals surface area contributed by atoms with Gasteiger partial charge in [-0.05, 0) is 47.6 Å². The van der Waals surface area contributed by atoms with Gasteiger partial charge in [0.15, 0.2) is 5.96 Å². The minimum Gasteiger partial charge on any atom is -0.370 e. The lowest BCUT2D eigenvalue weighted by Gasteiger charge is -2.27. The van der Waals surface area contributed by atoms with Crippen LogP contribution in [0.1, 0.15) is 55.8 Å². The Hall–Kier alpha value is -8.37. The molecule has 372 valence electrons. The lowest BCUT2D eigenvalue weighted by molar-refractivity contribution is -0.135. The number of H-pyrrole nitrogens is 1. The van der Waals surface area contributed by atoms with E-state index >= 15 is 0 Å². The Morgan fingerprint density at radius 1 is 0.786 bits per heavy atom. The molecular weight excluding hydrogens is 905 g/mol. The van der Waals surface area contributed by atoms with E-state index in [1.807, 2.05) is 30.3 Å².